The molecule has 5 aromatic heterocycles. The van der Waals surface area contributed by atoms with Crippen molar-refractivity contribution in [2.75, 3.05) is 7.05 Å². The molecule has 164 valence electrons. The molecular weight excluding hydrogens is 420 g/mol. The summed E-state index contributed by atoms with van der Waals surface area (Å²) < 4.78 is 3.02. The molecule has 8 heteroatoms. The van der Waals surface area contributed by atoms with Crippen molar-refractivity contribution in [3.05, 3.63) is 70.8 Å². The van der Waals surface area contributed by atoms with E-state index in [0.29, 0.717) is 12.5 Å². The smallest absolute Gasteiger partial charge is 0.158 e. The second-order valence-electron chi connectivity index (χ2n) is 8.55. The molecule has 0 aromatic carbocycles. The Labute approximate surface area is 190 Å². The third-order valence-corrected chi connectivity index (χ3v) is 6.99. The third-order valence-electron chi connectivity index (χ3n) is 5.78. The van der Waals surface area contributed by atoms with Crippen molar-refractivity contribution in [1.29, 1.82) is 0 Å². The Morgan fingerprint density at radius 3 is 2.88 bits per heavy atom. The molecule has 32 heavy (non-hydrogen) atoms. The van der Waals surface area contributed by atoms with Crippen LogP contribution in [0.4, 0.5) is 0 Å². The molecule has 0 fully saturated rings. The van der Waals surface area contributed by atoms with Crippen LogP contribution in [0.1, 0.15) is 47.6 Å². The summed E-state index contributed by atoms with van der Waals surface area (Å²) in [5, 5.41) is 15.3. The van der Waals surface area contributed by atoms with Crippen LogP contribution in [0.5, 0.6) is 0 Å². The average molecular weight is 447 g/mol. The fraction of sp³-hybridized carbons (Fsp3) is 0.292. The van der Waals surface area contributed by atoms with Gasteiger partial charge in [-0.3, -0.25) is 9.88 Å². The van der Waals surface area contributed by atoms with E-state index < -0.39 is 6.23 Å². The first kappa shape index (κ1) is 20.8. The number of nitrogens with zero attached hydrogens (tertiary/aromatic N) is 5. The minimum Gasteiger partial charge on any atom is -0.373 e. The van der Waals surface area contributed by atoms with Gasteiger partial charge in [0.2, 0.25) is 0 Å². The van der Waals surface area contributed by atoms with Gasteiger partial charge in [0, 0.05) is 30.7 Å². The average Bonchev–Trinajstić information content (AvgIpc) is 3.47. The maximum absolute atomic E-state index is 11.0. The van der Waals surface area contributed by atoms with Crippen LogP contribution in [0.25, 0.3) is 27.1 Å². The number of H-pyrrole nitrogens is 1. The molecule has 0 amide bonds. The summed E-state index contributed by atoms with van der Waals surface area (Å²) in [4.78, 5) is 15.0. The number of thiophene rings is 1. The van der Waals surface area contributed by atoms with Gasteiger partial charge in [0.15, 0.2) is 5.65 Å². The van der Waals surface area contributed by atoms with Crippen molar-refractivity contribution in [1.82, 2.24) is 29.5 Å². The molecule has 0 saturated carbocycles. The SMILES string of the molecule is Cc1cc(-c2[nH]c3cc(C(O)N(C)Cc4cccnc4)sc3c2C(C)C)cn2ncnc12. The molecule has 7 nitrogen and oxygen atoms in total. The lowest BCUT2D eigenvalue weighted by molar-refractivity contribution is 0.0181. The van der Waals surface area contributed by atoms with E-state index in [9.17, 15) is 5.11 Å². The second kappa shape index (κ2) is 8.12. The number of aliphatic hydroxyl groups excluding tert-OH is 1. The van der Waals surface area contributed by atoms with Gasteiger partial charge in [-0.15, -0.1) is 11.3 Å². The van der Waals surface area contributed by atoms with E-state index >= 15 is 0 Å². The zero-order valence-electron chi connectivity index (χ0n) is 18.6. The van der Waals surface area contributed by atoms with Gasteiger partial charge in [-0.2, -0.15) is 5.10 Å². The number of pyridine rings is 2. The highest BCUT2D eigenvalue weighted by Gasteiger charge is 2.23. The predicted octanol–water partition coefficient (Wildman–Crippen LogP) is 4.89. The van der Waals surface area contributed by atoms with E-state index in [1.54, 1.807) is 23.9 Å². The summed E-state index contributed by atoms with van der Waals surface area (Å²) in [6.45, 7) is 7.09. The van der Waals surface area contributed by atoms with E-state index in [4.69, 9.17) is 0 Å². The molecule has 0 radical (unpaired) electrons. The fourth-order valence-corrected chi connectivity index (χ4v) is 5.60. The van der Waals surface area contributed by atoms with Gasteiger partial charge in [0.1, 0.15) is 12.6 Å². The second-order valence-corrected chi connectivity index (χ2v) is 9.63. The number of nitrogens with one attached hydrogen (secondary N) is 1. The Hall–Kier alpha value is -3.07. The van der Waals surface area contributed by atoms with Gasteiger partial charge >= 0.3 is 0 Å². The van der Waals surface area contributed by atoms with Crippen molar-refractivity contribution in [2.45, 2.75) is 39.5 Å². The zero-order valence-corrected chi connectivity index (χ0v) is 19.4. The molecule has 0 spiro atoms. The minimum absolute atomic E-state index is 0.322. The van der Waals surface area contributed by atoms with Gasteiger partial charge in [-0.05, 0) is 54.8 Å². The highest BCUT2D eigenvalue weighted by Crippen LogP contribution is 2.41. The van der Waals surface area contributed by atoms with Gasteiger partial charge in [0.25, 0.3) is 0 Å². The van der Waals surface area contributed by atoms with Crippen molar-refractivity contribution in [2.24, 2.45) is 0 Å². The number of aliphatic hydroxyl groups is 1. The molecule has 0 aliphatic rings. The Balaban J connectivity index is 1.52. The molecule has 0 bridgehead atoms. The number of aryl methyl sites for hydroxylation is 1. The van der Waals surface area contributed by atoms with E-state index in [-0.39, 0.29) is 0 Å². The monoisotopic (exact) mass is 446 g/mol. The highest BCUT2D eigenvalue weighted by atomic mass is 32.1. The number of hydrogen-bond donors (Lipinski definition) is 2. The summed E-state index contributed by atoms with van der Waals surface area (Å²) in [6, 6.07) is 8.16. The van der Waals surface area contributed by atoms with Crippen LogP contribution in [0.2, 0.25) is 0 Å². The maximum Gasteiger partial charge on any atom is 0.158 e. The predicted molar refractivity (Wildman–Crippen MR) is 128 cm³/mol. The summed E-state index contributed by atoms with van der Waals surface area (Å²) >= 11 is 1.65. The lowest BCUT2D eigenvalue weighted by atomic mass is 9.99. The number of fused-ring (bicyclic) bond motifs is 2. The van der Waals surface area contributed by atoms with Crippen LogP contribution in [-0.4, -0.2) is 41.6 Å². The van der Waals surface area contributed by atoms with Gasteiger partial charge < -0.3 is 10.1 Å². The van der Waals surface area contributed by atoms with Crippen LogP contribution in [0.15, 0.2) is 49.2 Å². The first-order valence-corrected chi connectivity index (χ1v) is 11.5. The van der Waals surface area contributed by atoms with E-state index in [2.05, 4.69) is 53.0 Å². The largest absolute Gasteiger partial charge is 0.373 e. The number of aromatic nitrogens is 5. The van der Waals surface area contributed by atoms with E-state index in [1.165, 1.54) is 10.3 Å². The van der Waals surface area contributed by atoms with Crippen LogP contribution in [0.3, 0.4) is 0 Å². The molecule has 0 aliphatic heterocycles. The van der Waals surface area contributed by atoms with Crippen LogP contribution >= 0.6 is 11.3 Å². The van der Waals surface area contributed by atoms with Gasteiger partial charge in [-0.25, -0.2) is 9.50 Å². The summed E-state index contributed by atoms with van der Waals surface area (Å²) in [5.74, 6) is 0.322. The summed E-state index contributed by atoms with van der Waals surface area (Å²) in [7, 11) is 1.93. The Morgan fingerprint density at radius 1 is 1.28 bits per heavy atom. The quantitative estimate of drug-likeness (QED) is 0.363. The molecule has 2 N–H and O–H groups in total. The van der Waals surface area contributed by atoms with E-state index in [0.717, 1.165) is 38.4 Å². The van der Waals surface area contributed by atoms with Crippen LogP contribution in [-0.2, 0) is 6.54 Å². The third kappa shape index (κ3) is 3.60. The first-order valence-electron chi connectivity index (χ1n) is 10.6. The molecule has 5 rings (SSSR count). The lowest BCUT2D eigenvalue weighted by Crippen LogP contribution is -2.23. The molecule has 1 atom stereocenters. The molecular formula is C24H26N6OS. The molecule has 0 saturated heterocycles. The van der Waals surface area contributed by atoms with Crippen LogP contribution < -0.4 is 0 Å². The van der Waals surface area contributed by atoms with Crippen molar-refractivity contribution in [3.63, 3.8) is 0 Å². The number of rotatable bonds is 6. The molecule has 1 unspecified atom stereocenters. The fourth-order valence-electron chi connectivity index (χ4n) is 4.24. The van der Waals surface area contributed by atoms with Gasteiger partial charge in [0.05, 0.1) is 20.8 Å². The summed E-state index contributed by atoms with van der Waals surface area (Å²) in [6.07, 6.45) is 6.51. The normalized spacial score (nSPS) is 13.1. The Morgan fingerprint density at radius 2 is 2.12 bits per heavy atom. The Kier molecular flexibility index (Phi) is 5.28. The van der Waals surface area contributed by atoms with Crippen molar-refractivity contribution >= 4 is 27.2 Å². The molecule has 5 aromatic rings. The minimum atomic E-state index is -0.682. The van der Waals surface area contributed by atoms with Crippen molar-refractivity contribution < 1.29 is 5.11 Å². The maximum atomic E-state index is 11.0. The number of aromatic amines is 1. The summed E-state index contributed by atoms with van der Waals surface area (Å²) in [5.41, 5.74) is 7.53. The van der Waals surface area contributed by atoms with Gasteiger partial charge in [-0.1, -0.05) is 19.9 Å². The van der Waals surface area contributed by atoms with Crippen LogP contribution in [0, 0.1) is 6.92 Å². The van der Waals surface area contributed by atoms with Crippen molar-refractivity contribution in [3.8, 4) is 11.3 Å². The molecule has 0 aliphatic carbocycles. The number of hydrogen-bond acceptors (Lipinski definition) is 6. The standard InChI is InChI=1S/C24H26N6OS/c1-14(2)20-21(17-8-15(3)23-26-13-27-30(23)12-17)28-18-9-19(32-22(18)20)24(31)29(4)11-16-6-5-7-25-10-16/h5-10,12-14,24,28,31H,11H2,1-4H3. The van der Waals surface area contributed by atoms with E-state index in [1.807, 2.05) is 41.0 Å². The topological polar surface area (TPSA) is 82.3 Å². The Bertz CT molecular complexity index is 1380. The molecule has 5 heterocycles. The first-order chi connectivity index (χ1) is 15.4. The highest BCUT2D eigenvalue weighted by molar-refractivity contribution is 7.19. The lowest BCUT2D eigenvalue weighted by Gasteiger charge is -2.22. The zero-order chi connectivity index (χ0) is 22.4.